The second-order valence-electron chi connectivity index (χ2n) is 8.03. The fraction of sp³-hybridized carbons (Fsp3) is 0.192. The van der Waals surface area contributed by atoms with Crippen LogP contribution in [-0.4, -0.2) is 26.4 Å². The van der Waals surface area contributed by atoms with Crippen LogP contribution >= 0.6 is 23.4 Å². The summed E-state index contributed by atoms with van der Waals surface area (Å²) in [6, 6.07) is 21.2. The normalized spacial score (nSPS) is 10.8. The molecule has 0 atom stereocenters. The minimum absolute atomic E-state index is 0.113. The van der Waals surface area contributed by atoms with Gasteiger partial charge in [0.25, 0.3) is 0 Å². The van der Waals surface area contributed by atoms with Gasteiger partial charge in [-0.2, -0.15) is 0 Å². The molecule has 34 heavy (non-hydrogen) atoms. The summed E-state index contributed by atoms with van der Waals surface area (Å²) in [6.45, 7) is 6.27. The SMILES string of the molecule is Cc1ccc(OCc2nnc(SCC(=O)Nc3cc(C)cc(C)c3)n2-c2ccc(Cl)cc2)cc1. The number of halogens is 1. The largest absolute Gasteiger partial charge is 0.486 e. The first-order valence-electron chi connectivity index (χ1n) is 10.8. The zero-order valence-electron chi connectivity index (χ0n) is 19.2. The maximum absolute atomic E-state index is 12.6. The number of ether oxygens (including phenoxy) is 1. The average molecular weight is 493 g/mol. The molecule has 0 saturated carbocycles. The molecule has 0 aliphatic heterocycles. The predicted octanol–water partition coefficient (Wildman–Crippen LogP) is 6.16. The zero-order valence-corrected chi connectivity index (χ0v) is 20.8. The van der Waals surface area contributed by atoms with Crippen LogP contribution in [0.1, 0.15) is 22.5 Å². The summed E-state index contributed by atoms with van der Waals surface area (Å²) in [5.41, 5.74) is 4.99. The summed E-state index contributed by atoms with van der Waals surface area (Å²) in [5.74, 6) is 1.45. The third-order valence-electron chi connectivity index (χ3n) is 5.01. The van der Waals surface area contributed by atoms with Gasteiger partial charge < -0.3 is 10.1 Å². The first kappa shape index (κ1) is 23.9. The van der Waals surface area contributed by atoms with Crippen LogP contribution in [0.5, 0.6) is 5.75 Å². The number of thioether (sulfide) groups is 1. The van der Waals surface area contributed by atoms with Gasteiger partial charge in [-0.3, -0.25) is 9.36 Å². The van der Waals surface area contributed by atoms with E-state index < -0.39 is 0 Å². The minimum atomic E-state index is -0.113. The van der Waals surface area contributed by atoms with Crippen LogP contribution in [0.3, 0.4) is 0 Å². The van der Waals surface area contributed by atoms with Crippen molar-refractivity contribution >= 4 is 35.0 Å². The number of carbonyl (C=O) groups is 1. The van der Waals surface area contributed by atoms with Crippen molar-refractivity contribution in [3.63, 3.8) is 0 Å². The van der Waals surface area contributed by atoms with E-state index in [0.717, 1.165) is 33.8 Å². The lowest BCUT2D eigenvalue weighted by Crippen LogP contribution is -2.15. The summed E-state index contributed by atoms with van der Waals surface area (Å²) in [4.78, 5) is 12.6. The van der Waals surface area contributed by atoms with E-state index >= 15 is 0 Å². The number of hydrogen-bond donors (Lipinski definition) is 1. The number of nitrogens with one attached hydrogen (secondary N) is 1. The molecule has 3 aromatic carbocycles. The number of hydrogen-bond acceptors (Lipinski definition) is 5. The smallest absolute Gasteiger partial charge is 0.234 e. The first-order chi connectivity index (χ1) is 16.4. The average Bonchev–Trinajstić information content (AvgIpc) is 3.20. The molecule has 4 aromatic rings. The van der Waals surface area contributed by atoms with Crippen molar-refractivity contribution in [3.05, 3.63) is 94.3 Å². The molecule has 0 spiro atoms. The fourth-order valence-electron chi connectivity index (χ4n) is 3.49. The Hall–Kier alpha value is -3.29. The number of amides is 1. The number of aryl methyl sites for hydroxylation is 3. The van der Waals surface area contributed by atoms with Crippen LogP contribution in [0.15, 0.2) is 71.9 Å². The molecule has 1 amide bonds. The summed E-state index contributed by atoms with van der Waals surface area (Å²) >= 11 is 7.40. The van der Waals surface area contributed by atoms with Crippen LogP contribution in [0.2, 0.25) is 5.02 Å². The van der Waals surface area contributed by atoms with Crippen LogP contribution in [-0.2, 0) is 11.4 Å². The molecule has 0 radical (unpaired) electrons. The van der Waals surface area contributed by atoms with Crippen molar-refractivity contribution in [2.45, 2.75) is 32.5 Å². The lowest BCUT2D eigenvalue weighted by Gasteiger charge is -2.12. The number of benzene rings is 3. The highest BCUT2D eigenvalue weighted by Crippen LogP contribution is 2.25. The van der Waals surface area contributed by atoms with E-state index in [1.807, 2.05) is 86.0 Å². The molecule has 1 aromatic heterocycles. The first-order valence-corrected chi connectivity index (χ1v) is 12.1. The molecule has 8 heteroatoms. The minimum Gasteiger partial charge on any atom is -0.486 e. The van der Waals surface area contributed by atoms with Gasteiger partial charge in [-0.1, -0.05) is 47.1 Å². The van der Waals surface area contributed by atoms with E-state index in [0.29, 0.717) is 16.0 Å². The summed E-state index contributed by atoms with van der Waals surface area (Å²) < 4.78 is 7.82. The zero-order chi connectivity index (χ0) is 24.1. The Morgan fingerprint density at radius 2 is 1.62 bits per heavy atom. The molecular formula is C26H25ClN4O2S. The van der Waals surface area contributed by atoms with Crippen molar-refractivity contribution < 1.29 is 9.53 Å². The third kappa shape index (κ3) is 6.18. The second-order valence-corrected chi connectivity index (χ2v) is 9.40. The summed E-state index contributed by atoms with van der Waals surface area (Å²) in [6.07, 6.45) is 0. The van der Waals surface area contributed by atoms with Gasteiger partial charge in [0.1, 0.15) is 12.4 Å². The Labute approximate surface area is 208 Å². The topological polar surface area (TPSA) is 69.0 Å². The lowest BCUT2D eigenvalue weighted by atomic mass is 10.1. The van der Waals surface area contributed by atoms with Crippen molar-refractivity contribution in [2.75, 3.05) is 11.1 Å². The van der Waals surface area contributed by atoms with Crippen LogP contribution in [0.4, 0.5) is 5.69 Å². The lowest BCUT2D eigenvalue weighted by molar-refractivity contribution is -0.113. The highest BCUT2D eigenvalue weighted by molar-refractivity contribution is 7.99. The molecule has 0 aliphatic rings. The predicted molar refractivity (Wildman–Crippen MR) is 137 cm³/mol. The van der Waals surface area contributed by atoms with Gasteiger partial charge in [-0.15, -0.1) is 10.2 Å². The Morgan fingerprint density at radius 1 is 0.941 bits per heavy atom. The molecule has 1 heterocycles. The van der Waals surface area contributed by atoms with E-state index in [1.165, 1.54) is 11.8 Å². The molecule has 0 unspecified atom stereocenters. The fourth-order valence-corrected chi connectivity index (χ4v) is 4.39. The Bertz CT molecular complexity index is 1270. The number of rotatable bonds is 8. The van der Waals surface area contributed by atoms with Gasteiger partial charge in [0.2, 0.25) is 5.91 Å². The molecule has 6 nitrogen and oxygen atoms in total. The number of anilines is 1. The van der Waals surface area contributed by atoms with Crippen molar-refractivity contribution in [1.82, 2.24) is 14.8 Å². The quantitative estimate of drug-likeness (QED) is 0.298. The monoisotopic (exact) mass is 492 g/mol. The van der Waals surface area contributed by atoms with E-state index in [1.54, 1.807) is 0 Å². The van der Waals surface area contributed by atoms with E-state index in [4.69, 9.17) is 16.3 Å². The maximum Gasteiger partial charge on any atom is 0.234 e. The van der Waals surface area contributed by atoms with Gasteiger partial charge in [0.05, 0.1) is 5.75 Å². The van der Waals surface area contributed by atoms with Crippen LogP contribution in [0.25, 0.3) is 5.69 Å². The summed E-state index contributed by atoms with van der Waals surface area (Å²) in [7, 11) is 0. The standard InChI is InChI=1S/C26H25ClN4O2S/c1-17-4-10-23(11-5-17)33-15-24-29-30-26(31(24)22-8-6-20(27)7-9-22)34-16-25(32)28-21-13-18(2)12-19(3)14-21/h4-14H,15-16H2,1-3H3,(H,28,32). The van der Waals surface area contributed by atoms with Gasteiger partial charge in [-0.25, -0.2) is 0 Å². The van der Waals surface area contributed by atoms with Gasteiger partial charge >= 0.3 is 0 Å². The molecule has 0 aliphatic carbocycles. The third-order valence-corrected chi connectivity index (χ3v) is 6.19. The highest BCUT2D eigenvalue weighted by atomic mass is 35.5. The number of carbonyl (C=O) groups excluding carboxylic acids is 1. The molecule has 0 bridgehead atoms. The highest BCUT2D eigenvalue weighted by Gasteiger charge is 2.17. The summed E-state index contributed by atoms with van der Waals surface area (Å²) in [5, 5.41) is 12.9. The maximum atomic E-state index is 12.6. The van der Waals surface area contributed by atoms with Crippen molar-refractivity contribution in [2.24, 2.45) is 0 Å². The molecule has 4 rings (SSSR count). The van der Waals surface area contributed by atoms with Crippen LogP contribution in [0, 0.1) is 20.8 Å². The Balaban J connectivity index is 1.51. The van der Waals surface area contributed by atoms with Crippen LogP contribution < -0.4 is 10.1 Å². The van der Waals surface area contributed by atoms with Crippen molar-refractivity contribution in [3.8, 4) is 11.4 Å². The number of nitrogens with zero attached hydrogens (tertiary/aromatic N) is 3. The number of aromatic nitrogens is 3. The van der Waals surface area contributed by atoms with E-state index in [-0.39, 0.29) is 18.3 Å². The van der Waals surface area contributed by atoms with Gasteiger partial charge in [-0.05, 0) is 80.4 Å². The van der Waals surface area contributed by atoms with E-state index in [9.17, 15) is 4.79 Å². The van der Waals surface area contributed by atoms with Gasteiger partial charge in [0.15, 0.2) is 11.0 Å². The Morgan fingerprint density at radius 3 is 2.29 bits per heavy atom. The molecule has 0 fully saturated rings. The second kappa shape index (κ2) is 10.8. The van der Waals surface area contributed by atoms with Crippen molar-refractivity contribution in [1.29, 1.82) is 0 Å². The van der Waals surface area contributed by atoms with Gasteiger partial charge in [0, 0.05) is 16.4 Å². The molecule has 174 valence electrons. The molecule has 1 N–H and O–H groups in total. The molecule has 0 saturated heterocycles. The Kier molecular flexibility index (Phi) is 7.55. The molecular weight excluding hydrogens is 468 g/mol. The van der Waals surface area contributed by atoms with E-state index in [2.05, 4.69) is 21.6 Å².